The van der Waals surface area contributed by atoms with Crippen molar-refractivity contribution in [1.29, 1.82) is 0 Å². The lowest BCUT2D eigenvalue weighted by atomic mass is 9.99. The third-order valence-electron chi connectivity index (χ3n) is 5.34. The monoisotopic (exact) mass is 329 g/mol. The molecule has 2 atom stereocenters. The molecule has 2 fully saturated rings. The molecule has 1 aromatic heterocycles. The second-order valence-electron chi connectivity index (χ2n) is 6.94. The number of hydrogen-bond acceptors (Lipinski definition) is 3. The minimum Gasteiger partial charge on any atom is -0.356 e. The molecule has 2 amide bonds. The number of amides is 2. The van der Waals surface area contributed by atoms with Crippen molar-refractivity contribution in [2.75, 3.05) is 13.1 Å². The van der Waals surface area contributed by atoms with Gasteiger partial charge in [-0.15, -0.1) is 0 Å². The van der Waals surface area contributed by atoms with Gasteiger partial charge in [0.25, 0.3) is 5.91 Å². The molecule has 1 saturated heterocycles. The van der Waals surface area contributed by atoms with E-state index in [4.69, 9.17) is 0 Å². The number of hydrogen-bond donors (Lipinski definition) is 1. The highest BCUT2D eigenvalue weighted by molar-refractivity contribution is 5.96. The molecule has 0 spiro atoms. The normalized spacial score (nSPS) is 25.5. The molecule has 2 aliphatic rings. The summed E-state index contributed by atoms with van der Waals surface area (Å²) in [5.74, 6) is 0.0914. The fourth-order valence-corrected chi connectivity index (χ4v) is 4.01. The molecule has 1 aliphatic heterocycles. The lowest BCUT2D eigenvalue weighted by molar-refractivity contribution is -0.126. The van der Waals surface area contributed by atoms with Gasteiger partial charge in [0.05, 0.1) is 11.5 Å². The van der Waals surface area contributed by atoms with Gasteiger partial charge in [0.1, 0.15) is 0 Å². The third-order valence-corrected chi connectivity index (χ3v) is 5.34. The topological polar surface area (TPSA) is 62.3 Å². The molecular formula is C19H27N3O2. The fourth-order valence-electron chi connectivity index (χ4n) is 4.01. The van der Waals surface area contributed by atoms with Crippen molar-refractivity contribution in [2.45, 2.75) is 57.9 Å². The summed E-state index contributed by atoms with van der Waals surface area (Å²) in [6, 6.07) is 3.68. The van der Waals surface area contributed by atoms with E-state index in [0.29, 0.717) is 5.56 Å². The number of fused-ring (bicyclic) bond motifs is 1. The van der Waals surface area contributed by atoms with Crippen LogP contribution in [0, 0.1) is 12.8 Å². The first-order chi connectivity index (χ1) is 11.7. The van der Waals surface area contributed by atoms with Crippen molar-refractivity contribution >= 4 is 11.8 Å². The Hall–Kier alpha value is -1.91. The van der Waals surface area contributed by atoms with Crippen LogP contribution in [0.3, 0.4) is 0 Å². The molecule has 0 radical (unpaired) electrons. The highest BCUT2D eigenvalue weighted by atomic mass is 16.2. The molecule has 1 saturated carbocycles. The van der Waals surface area contributed by atoms with Crippen LogP contribution < -0.4 is 5.32 Å². The van der Waals surface area contributed by atoms with Gasteiger partial charge in [-0.05, 0) is 44.7 Å². The van der Waals surface area contributed by atoms with Crippen molar-refractivity contribution in [3.8, 4) is 0 Å². The first kappa shape index (κ1) is 16.9. The summed E-state index contributed by atoms with van der Waals surface area (Å²) in [5, 5.41) is 3.07. The van der Waals surface area contributed by atoms with Gasteiger partial charge in [-0.3, -0.25) is 14.6 Å². The molecule has 5 heteroatoms. The van der Waals surface area contributed by atoms with Crippen molar-refractivity contribution in [2.24, 2.45) is 5.92 Å². The Bertz CT molecular complexity index is 602. The number of carbonyl (C=O) groups is 2. The van der Waals surface area contributed by atoms with Crippen LogP contribution in [-0.2, 0) is 4.79 Å². The molecule has 2 heterocycles. The van der Waals surface area contributed by atoms with E-state index in [1.165, 1.54) is 0 Å². The number of carbonyl (C=O) groups excluding carboxylic acids is 2. The van der Waals surface area contributed by atoms with Crippen LogP contribution in [0.2, 0.25) is 0 Å². The maximum Gasteiger partial charge on any atom is 0.255 e. The second-order valence-corrected chi connectivity index (χ2v) is 6.94. The highest BCUT2D eigenvalue weighted by Crippen LogP contribution is 2.32. The summed E-state index contributed by atoms with van der Waals surface area (Å²) in [6.07, 6.45) is 8.76. The first-order valence-electron chi connectivity index (χ1n) is 9.19. The Morgan fingerprint density at radius 2 is 2.04 bits per heavy atom. The predicted octanol–water partition coefficient (Wildman–Crippen LogP) is 2.69. The molecule has 0 unspecified atom stereocenters. The average Bonchev–Trinajstić information content (AvgIpc) is 3.05. The summed E-state index contributed by atoms with van der Waals surface area (Å²) in [7, 11) is 0. The summed E-state index contributed by atoms with van der Waals surface area (Å²) < 4.78 is 0. The summed E-state index contributed by atoms with van der Waals surface area (Å²) in [4.78, 5) is 31.9. The van der Waals surface area contributed by atoms with Crippen LogP contribution in [-0.4, -0.2) is 40.8 Å². The zero-order valence-electron chi connectivity index (χ0n) is 14.5. The van der Waals surface area contributed by atoms with Crippen molar-refractivity contribution < 1.29 is 9.59 Å². The van der Waals surface area contributed by atoms with Crippen molar-refractivity contribution in [3.63, 3.8) is 0 Å². The van der Waals surface area contributed by atoms with Crippen LogP contribution >= 0.6 is 0 Å². The minimum absolute atomic E-state index is 0.0233. The molecule has 1 aliphatic carbocycles. The number of aromatic nitrogens is 1. The van der Waals surface area contributed by atoms with E-state index in [1.807, 2.05) is 24.0 Å². The largest absolute Gasteiger partial charge is 0.356 e. The second kappa shape index (κ2) is 7.77. The van der Waals surface area contributed by atoms with Gasteiger partial charge in [-0.1, -0.05) is 19.3 Å². The highest BCUT2D eigenvalue weighted by Gasteiger charge is 2.39. The van der Waals surface area contributed by atoms with E-state index in [2.05, 4.69) is 10.3 Å². The maximum absolute atomic E-state index is 13.2. The van der Waals surface area contributed by atoms with Crippen LogP contribution in [0.25, 0.3) is 0 Å². The van der Waals surface area contributed by atoms with E-state index < -0.39 is 0 Å². The molecule has 1 N–H and O–H groups in total. The van der Waals surface area contributed by atoms with E-state index in [0.717, 1.165) is 63.7 Å². The average molecular weight is 329 g/mol. The van der Waals surface area contributed by atoms with Gasteiger partial charge in [-0.2, -0.15) is 0 Å². The van der Waals surface area contributed by atoms with E-state index in [-0.39, 0.29) is 23.8 Å². The molecule has 24 heavy (non-hydrogen) atoms. The molecule has 1 aromatic rings. The Morgan fingerprint density at radius 1 is 1.21 bits per heavy atom. The van der Waals surface area contributed by atoms with Gasteiger partial charge in [0.15, 0.2) is 0 Å². The Kier molecular flexibility index (Phi) is 5.48. The van der Waals surface area contributed by atoms with E-state index in [1.54, 1.807) is 6.20 Å². The van der Waals surface area contributed by atoms with E-state index >= 15 is 0 Å². The molecule has 130 valence electrons. The summed E-state index contributed by atoms with van der Waals surface area (Å²) in [5.41, 5.74) is 1.43. The maximum atomic E-state index is 13.2. The Labute approximate surface area is 143 Å². The zero-order valence-corrected chi connectivity index (χ0v) is 14.5. The fraction of sp³-hybridized carbons (Fsp3) is 0.632. The Morgan fingerprint density at radius 3 is 2.88 bits per heavy atom. The van der Waals surface area contributed by atoms with Gasteiger partial charge >= 0.3 is 0 Å². The molecule has 3 rings (SSSR count). The SMILES string of the molecule is Cc1ncccc1C(=O)N1CCCCCCNC(=O)[C@@H]2CCC[C@@H]21. The summed E-state index contributed by atoms with van der Waals surface area (Å²) in [6.45, 7) is 3.37. The van der Waals surface area contributed by atoms with Crippen molar-refractivity contribution in [3.05, 3.63) is 29.6 Å². The molecule has 5 nitrogen and oxygen atoms in total. The molecule has 0 bridgehead atoms. The lowest BCUT2D eigenvalue weighted by Gasteiger charge is -2.33. The number of pyridine rings is 1. The van der Waals surface area contributed by atoms with Crippen LogP contribution in [0.4, 0.5) is 0 Å². The minimum atomic E-state index is -0.0657. The quantitative estimate of drug-likeness (QED) is 0.861. The number of aryl methyl sites for hydroxylation is 1. The zero-order chi connectivity index (χ0) is 16.9. The van der Waals surface area contributed by atoms with E-state index in [9.17, 15) is 9.59 Å². The van der Waals surface area contributed by atoms with Crippen LogP contribution in [0.5, 0.6) is 0 Å². The van der Waals surface area contributed by atoms with Gasteiger partial charge in [0, 0.05) is 31.0 Å². The van der Waals surface area contributed by atoms with Crippen molar-refractivity contribution in [1.82, 2.24) is 15.2 Å². The van der Waals surface area contributed by atoms with Crippen LogP contribution in [0.1, 0.15) is 61.0 Å². The summed E-state index contributed by atoms with van der Waals surface area (Å²) >= 11 is 0. The van der Waals surface area contributed by atoms with Crippen LogP contribution in [0.15, 0.2) is 18.3 Å². The number of nitrogens with zero attached hydrogens (tertiary/aromatic N) is 2. The Balaban J connectivity index is 1.87. The predicted molar refractivity (Wildman–Crippen MR) is 92.6 cm³/mol. The van der Waals surface area contributed by atoms with Gasteiger partial charge in [-0.25, -0.2) is 0 Å². The van der Waals surface area contributed by atoms with Gasteiger partial charge in [0.2, 0.25) is 5.91 Å². The first-order valence-corrected chi connectivity index (χ1v) is 9.19. The third kappa shape index (κ3) is 3.60. The molecule has 0 aromatic carbocycles. The van der Waals surface area contributed by atoms with Gasteiger partial charge < -0.3 is 10.2 Å². The number of rotatable bonds is 1. The number of nitrogens with one attached hydrogen (secondary N) is 1. The molecular weight excluding hydrogens is 302 g/mol. The standard InChI is InChI=1S/C19H27N3O2/c1-14-15(9-7-12-20-14)19(24)22-13-5-3-2-4-11-21-18(23)16-8-6-10-17(16)22/h7,9,12,16-17H,2-6,8,10-11,13H2,1H3,(H,21,23)/t16-,17+/m1/s1. The lowest BCUT2D eigenvalue weighted by Crippen LogP contribution is -2.47. The smallest absolute Gasteiger partial charge is 0.255 e.